The van der Waals surface area contributed by atoms with Crippen LogP contribution in [-0.2, 0) is 0 Å². The molecule has 4 rings (SSSR count). The first kappa shape index (κ1) is 16.4. The first-order chi connectivity index (χ1) is 12.7. The van der Waals surface area contributed by atoms with Crippen molar-refractivity contribution < 1.29 is 9.41 Å². The van der Waals surface area contributed by atoms with Crippen LogP contribution in [0.2, 0.25) is 0 Å². The number of imidazole rings is 1. The number of anilines is 1. The molecular formula is C21H23N4O+. The summed E-state index contributed by atoms with van der Waals surface area (Å²) in [5.74, 6) is 0.800. The molecule has 2 heterocycles. The van der Waals surface area contributed by atoms with Crippen molar-refractivity contribution in [2.45, 2.75) is 13.8 Å². The summed E-state index contributed by atoms with van der Waals surface area (Å²) >= 11 is 0. The van der Waals surface area contributed by atoms with Gasteiger partial charge < -0.3 is 14.3 Å². The Hall–Kier alpha value is -3.08. The van der Waals surface area contributed by atoms with Crippen molar-refractivity contribution in [1.82, 2.24) is 9.97 Å². The number of hydrogen-bond acceptors (Lipinski definition) is 3. The number of rotatable bonds is 4. The predicted octanol–water partition coefficient (Wildman–Crippen LogP) is 2.43. The Labute approximate surface area is 152 Å². The molecule has 4 aromatic rings. The molecule has 26 heavy (non-hydrogen) atoms. The molecule has 2 aromatic carbocycles. The van der Waals surface area contributed by atoms with Crippen molar-refractivity contribution in [2.75, 3.05) is 25.0 Å². The lowest BCUT2D eigenvalue weighted by atomic mass is 10.1. The van der Waals surface area contributed by atoms with Gasteiger partial charge in [0.25, 0.3) is 0 Å². The van der Waals surface area contributed by atoms with Crippen LogP contribution < -0.4 is 15.4 Å². The molecule has 0 aliphatic carbocycles. The first-order valence-corrected chi connectivity index (χ1v) is 9.02. The van der Waals surface area contributed by atoms with Gasteiger partial charge in [0.2, 0.25) is 0 Å². The van der Waals surface area contributed by atoms with Crippen LogP contribution in [0.1, 0.15) is 13.8 Å². The van der Waals surface area contributed by atoms with Gasteiger partial charge in [0.1, 0.15) is 24.0 Å². The summed E-state index contributed by atoms with van der Waals surface area (Å²) in [4.78, 5) is 13.6. The van der Waals surface area contributed by atoms with E-state index in [1.54, 1.807) is 0 Å². The summed E-state index contributed by atoms with van der Waals surface area (Å²) in [7, 11) is 1.87. The Morgan fingerprint density at radius 1 is 1.08 bits per heavy atom. The second-order valence-corrected chi connectivity index (χ2v) is 6.24. The normalized spacial score (nSPS) is 12.2. The summed E-state index contributed by atoms with van der Waals surface area (Å²) < 4.78 is 6.17. The second-order valence-electron chi connectivity index (χ2n) is 6.24. The van der Waals surface area contributed by atoms with E-state index in [1.807, 2.05) is 31.3 Å². The van der Waals surface area contributed by atoms with Crippen LogP contribution in [0.5, 0.6) is 0 Å². The monoisotopic (exact) mass is 347 g/mol. The molecule has 0 bridgehead atoms. The summed E-state index contributed by atoms with van der Waals surface area (Å²) in [6.45, 7) is 6.26. The topological polar surface area (TPSA) is 59.0 Å². The lowest BCUT2D eigenvalue weighted by Gasteiger charge is -2.20. The third-order valence-corrected chi connectivity index (χ3v) is 4.75. The third kappa shape index (κ3) is 2.75. The first-order valence-electron chi connectivity index (χ1n) is 9.02. The maximum absolute atomic E-state index is 6.17. The number of fused-ring (bicyclic) bond motifs is 2. The van der Waals surface area contributed by atoms with Gasteiger partial charge in [0.15, 0.2) is 0 Å². The second kappa shape index (κ2) is 6.67. The lowest BCUT2D eigenvalue weighted by molar-refractivity contribution is -0.478. The van der Waals surface area contributed by atoms with Crippen LogP contribution in [0.4, 0.5) is 5.69 Å². The van der Waals surface area contributed by atoms with Gasteiger partial charge in [0, 0.05) is 30.2 Å². The molecule has 132 valence electrons. The highest BCUT2D eigenvalue weighted by Crippen LogP contribution is 2.25. The summed E-state index contributed by atoms with van der Waals surface area (Å²) in [6, 6.07) is 16.5. The van der Waals surface area contributed by atoms with Crippen molar-refractivity contribution >= 4 is 27.7 Å². The standard InChI is InChI=1S/C21H22N4O/c1-4-25(5-2)15-11-10-14-12-16(21(22-3)26-19(14)13-15)20-23-17-8-6-7-9-18(17)24-20/h6-13H,4-5H2,1-3H3,(H,23,24)/p+1. The lowest BCUT2D eigenvalue weighted by Crippen LogP contribution is -2.72. The van der Waals surface area contributed by atoms with Crippen LogP contribution in [0.3, 0.4) is 0 Å². The minimum absolute atomic E-state index is 0.702. The van der Waals surface area contributed by atoms with E-state index in [4.69, 9.17) is 9.40 Å². The van der Waals surface area contributed by atoms with E-state index < -0.39 is 0 Å². The summed E-state index contributed by atoms with van der Waals surface area (Å²) in [6.07, 6.45) is 0. The van der Waals surface area contributed by atoms with Gasteiger partial charge in [-0.05, 0) is 44.2 Å². The highest BCUT2D eigenvalue weighted by Gasteiger charge is 2.14. The highest BCUT2D eigenvalue weighted by atomic mass is 16.3. The van der Waals surface area contributed by atoms with E-state index in [1.165, 1.54) is 5.69 Å². The Morgan fingerprint density at radius 2 is 1.88 bits per heavy atom. The highest BCUT2D eigenvalue weighted by molar-refractivity contribution is 5.85. The fourth-order valence-electron chi connectivity index (χ4n) is 3.34. The van der Waals surface area contributed by atoms with Crippen LogP contribution in [-0.4, -0.2) is 30.1 Å². The minimum atomic E-state index is 0.702. The number of hydrogen-bond donors (Lipinski definition) is 2. The van der Waals surface area contributed by atoms with Gasteiger partial charge in [-0.2, -0.15) is 0 Å². The van der Waals surface area contributed by atoms with E-state index >= 15 is 0 Å². The van der Waals surface area contributed by atoms with E-state index in [2.05, 4.69) is 53.0 Å². The van der Waals surface area contributed by atoms with Gasteiger partial charge in [0.05, 0.1) is 11.0 Å². The van der Waals surface area contributed by atoms with Gasteiger partial charge in [-0.15, -0.1) is 0 Å². The molecule has 0 radical (unpaired) electrons. The molecule has 0 amide bonds. The van der Waals surface area contributed by atoms with Crippen molar-refractivity contribution in [2.24, 2.45) is 0 Å². The average Bonchev–Trinajstić information content (AvgIpc) is 3.11. The zero-order valence-electron chi connectivity index (χ0n) is 15.3. The van der Waals surface area contributed by atoms with E-state index in [9.17, 15) is 0 Å². The average molecular weight is 347 g/mol. The molecule has 2 N–H and O–H groups in total. The number of aromatic amines is 1. The molecule has 0 fully saturated rings. The number of nitrogens with one attached hydrogen (secondary N) is 2. The molecular weight excluding hydrogens is 324 g/mol. The minimum Gasteiger partial charge on any atom is -0.404 e. The van der Waals surface area contributed by atoms with Crippen molar-refractivity contribution in [3.63, 3.8) is 0 Å². The Balaban J connectivity index is 1.89. The Kier molecular flexibility index (Phi) is 4.21. The zero-order valence-corrected chi connectivity index (χ0v) is 15.3. The summed E-state index contributed by atoms with van der Waals surface area (Å²) in [5, 5.41) is 1.05. The largest absolute Gasteiger partial charge is 0.404 e. The van der Waals surface area contributed by atoms with Gasteiger partial charge >= 0.3 is 5.55 Å². The molecule has 2 aromatic heterocycles. The number of para-hydroxylation sites is 2. The molecule has 0 saturated heterocycles. The van der Waals surface area contributed by atoms with Gasteiger partial charge in [-0.25, -0.2) is 9.98 Å². The smallest absolute Gasteiger partial charge is 0.377 e. The maximum atomic E-state index is 6.17. The number of H-pyrrole nitrogens is 1. The molecule has 0 spiro atoms. The predicted molar refractivity (Wildman–Crippen MR) is 105 cm³/mol. The SMILES string of the molecule is CCN(CC)c1ccc2cc(-c3nc4ccccc4[nH]3)c(=[NH+]C)oc2c1. The molecule has 5 heteroatoms. The molecule has 5 nitrogen and oxygen atoms in total. The van der Waals surface area contributed by atoms with E-state index in [0.717, 1.165) is 46.5 Å². The van der Waals surface area contributed by atoms with E-state index in [-0.39, 0.29) is 0 Å². The Morgan fingerprint density at radius 3 is 2.62 bits per heavy atom. The van der Waals surface area contributed by atoms with Crippen LogP contribution in [0, 0.1) is 0 Å². The maximum Gasteiger partial charge on any atom is 0.377 e. The molecule has 0 saturated carbocycles. The van der Waals surface area contributed by atoms with Gasteiger partial charge in [-0.1, -0.05) is 12.1 Å². The fourth-order valence-corrected chi connectivity index (χ4v) is 3.34. The van der Waals surface area contributed by atoms with E-state index in [0.29, 0.717) is 5.55 Å². The van der Waals surface area contributed by atoms with Gasteiger partial charge in [-0.3, -0.25) is 0 Å². The molecule has 0 unspecified atom stereocenters. The number of nitrogens with zero attached hydrogens (tertiary/aromatic N) is 2. The molecule has 0 aliphatic heterocycles. The van der Waals surface area contributed by atoms with Crippen LogP contribution in [0.15, 0.2) is 52.9 Å². The third-order valence-electron chi connectivity index (χ3n) is 4.75. The summed E-state index contributed by atoms with van der Waals surface area (Å²) in [5.41, 5.74) is 5.62. The van der Waals surface area contributed by atoms with Crippen molar-refractivity contribution in [3.05, 3.63) is 54.1 Å². The molecule has 0 aliphatic rings. The van der Waals surface area contributed by atoms with Crippen LogP contribution >= 0.6 is 0 Å². The number of aromatic nitrogens is 2. The number of benzene rings is 2. The quantitative estimate of drug-likeness (QED) is 0.596. The Bertz CT molecular complexity index is 1100. The fraction of sp³-hybridized carbons (Fsp3) is 0.238. The molecule has 0 atom stereocenters. The van der Waals surface area contributed by atoms with Crippen LogP contribution in [0.25, 0.3) is 33.4 Å². The van der Waals surface area contributed by atoms with Crippen molar-refractivity contribution in [3.8, 4) is 11.4 Å². The zero-order chi connectivity index (χ0) is 18.1. The van der Waals surface area contributed by atoms with Crippen molar-refractivity contribution in [1.29, 1.82) is 0 Å².